The summed E-state index contributed by atoms with van der Waals surface area (Å²) in [6.07, 6.45) is 5.35. The van der Waals surface area contributed by atoms with E-state index < -0.39 is 11.7 Å². The largest absolute Gasteiger partial charge is 0.356 e. The molecule has 120 valence electrons. The number of carbonyl (C=O) groups is 1. The van der Waals surface area contributed by atoms with E-state index in [1.165, 1.54) is 18.6 Å². The standard InChI is InChI=1S/C18H20FN3O/c19-16-9-3-2-8-15(16)18(23)21-13-14-7-6-10-20-17(14)22-11-4-1-5-12-22/h2-3,6-10H,1,4-5,11-13H2,(H,21,23). The van der Waals surface area contributed by atoms with Crippen molar-refractivity contribution in [3.63, 3.8) is 0 Å². The molecule has 1 saturated heterocycles. The SMILES string of the molecule is O=C(NCc1cccnc1N1CCCCC1)c1ccccc1F. The molecular formula is C18H20FN3O. The maximum Gasteiger partial charge on any atom is 0.254 e. The topological polar surface area (TPSA) is 45.2 Å². The van der Waals surface area contributed by atoms with E-state index in [2.05, 4.69) is 15.2 Å². The van der Waals surface area contributed by atoms with Gasteiger partial charge in [0.25, 0.3) is 5.91 Å². The maximum atomic E-state index is 13.7. The van der Waals surface area contributed by atoms with Crippen LogP contribution in [0.15, 0.2) is 42.6 Å². The Morgan fingerprint density at radius 2 is 1.91 bits per heavy atom. The molecule has 1 aliphatic heterocycles. The average molecular weight is 313 g/mol. The van der Waals surface area contributed by atoms with E-state index >= 15 is 0 Å². The Morgan fingerprint density at radius 3 is 2.70 bits per heavy atom. The number of nitrogens with zero attached hydrogens (tertiary/aromatic N) is 2. The smallest absolute Gasteiger partial charge is 0.254 e. The summed E-state index contributed by atoms with van der Waals surface area (Å²) < 4.78 is 13.7. The first kappa shape index (κ1) is 15.5. The van der Waals surface area contributed by atoms with Gasteiger partial charge in [-0.25, -0.2) is 9.37 Å². The highest BCUT2D eigenvalue weighted by molar-refractivity contribution is 5.94. The monoisotopic (exact) mass is 313 g/mol. The highest BCUT2D eigenvalue weighted by atomic mass is 19.1. The molecule has 2 heterocycles. The van der Waals surface area contributed by atoms with Gasteiger partial charge in [-0.05, 0) is 37.5 Å². The molecule has 23 heavy (non-hydrogen) atoms. The predicted octanol–water partition coefficient (Wildman–Crippen LogP) is 3.14. The fraction of sp³-hybridized carbons (Fsp3) is 0.333. The molecule has 0 atom stereocenters. The number of piperidine rings is 1. The van der Waals surface area contributed by atoms with E-state index in [0.29, 0.717) is 6.54 Å². The highest BCUT2D eigenvalue weighted by Gasteiger charge is 2.16. The minimum Gasteiger partial charge on any atom is -0.356 e. The number of pyridine rings is 1. The summed E-state index contributed by atoms with van der Waals surface area (Å²) in [4.78, 5) is 18.9. The van der Waals surface area contributed by atoms with Gasteiger partial charge in [-0.15, -0.1) is 0 Å². The molecule has 1 aromatic carbocycles. The summed E-state index contributed by atoms with van der Waals surface area (Å²) in [7, 11) is 0. The van der Waals surface area contributed by atoms with Crippen molar-refractivity contribution in [1.29, 1.82) is 0 Å². The van der Waals surface area contributed by atoms with Gasteiger partial charge in [-0.1, -0.05) is 18.2 Å². The van der Waals surface area contributed by atoms with Gasteiger partial charge in [0.15, 0.2) is 0 Å². The Labute approximate surface area is 135 Å². The van der Waals surface area contributed by atoms with Crippen molar-refractivity contribution in [2.45, 2.75) is 25.8 Å². The summed E-state index contributed by atoms with van der Waals surface area (Å²) in [6, 6.07) is 9.82. The molecule has 1 aromatic heterocycles. The summed E-state index contributed by atoms with van der Waals surface area (Å²) in [5.41, 5.74) is 1.02. The second kappa shape index (κ2) is 7.22. The number of aromatic nitrogens is 1. The molecule has 0 saturated carbocycles. The van der Waals surface area contributed by atoms with E-state index in [9.17, 15) is 9.18 Å². The van der Waals surface area contributed by atoms with E-state index in [1.807, 2.05) is 12.1 Å². The zero-order valence-corrected chi connectivity index (χ0v) is 13.0. The van der Waals surface area contributed by atoms with Crippen LogP contribution in [-0.2, 0) is 6.54 Å². The minimum atomic E-state index is -0.507. The van der Waals surface area contributed by atoms with Crippen molar-refractivity contribution in [3.05, 3.63) is 59.5 Å². The van der Waals surface area contributed by atoms with E-state index in [1.54, 1.807) is 18.3 Å². The number of rotatable bonds is 4. The van der Waals surface area contributed by atoms with Crippen LogP contribution in [0.5, 0.6) is 0 Å². The second-order valence-electron chi connectivity index (χ2n) is 5.70. The molecule has 4 nitrogen and oxygen atoms in total. The lowest BCUT2D eigenvalue weighted by Gasteiger charge is -2.29. The molecule has 0 unspecified atom stereocenters. The Kier molecular flexibility index (Phi) is 4.86. The van der Waals surface area contributed by atoms with Crippen LogP contribution in [0.1, 0.15) is 35.2 Å². The molecule has 1 fully saturated rings. The first-order chi connectivity index (χ1) is 11.3. The van der Waals surface area contributed by atoms with Gasteiger partial charge >= 0.3 is 0 Å². The van der Waals surface area contributed by atoms with E-state index in [-0.39, 0.29) is 5.56 Å². The van der Waals surface area contributed by atoms with Crippen molar-refractivity contribution < 1.29 is 9.18 Å². The lowest BCUT2D eigenvalue weighted by atomic mass is 10.1. The van der Waals surface area contributed by atoms with Crippen LogP contribution < -0.4 is 10.2 Å². The van der Waals surface area contributed by atoms with Crippen LogP contribution in [0.25, 0.3) is 0 Å². The third-order valence-corrected chi connectivity index (χ3v) is 4.08. The fourth-order valence-electron chi connectivity index (χ4n) is 2.87. The summed E-state index contributed by atoms with van der Waals surface area (Å²) in [6.45, 7) is 2.32. The van der Waals surface area contributed by atoms with Crippen molar-refractivity contribution in [2.24, 2.45) is 0 Å². The summed E-state index contributed by atoms with van der Waals surface area (Å²) >= 11 is 0. The number of anilines is 1. The average Bonchev–Trinajstić information content (AvgIpc) is 2.61. The highest BCUT2D eigenvalue weighted by Crippen LogP contribution is 2.21. The van der Waals surface area contributed by atoms with E-state index in [4.69, 9.17) is 0 Å². The zero-order valence-electron chi connectivity index (χ0n) is 13.0. The first-order valence-electron chi connectivity index (χ1n) is 7.97. The molecule has 5 heteroatoms. The Bertz CT molecular complexity index is 683. The molecular weight excluding hydrogens is 293 g/mol. The van der Waals surface area contributed by atoms with Crippen LogP contribution >= 0.6 is 0 Å². The molecule has 0 spiro atoms. The Hall–Kier alpha value is -2.43. The quantitative estimate of drug-likeness (QED) is 0.943. The molecule has 0 aliphatic carbocycles. The van der Waals surface area contributed by atoms with Crippen LogP contribution in [0.2, 0.25) is 0 Å². The molecule has 1 N–H and O–H groups in total. The van der Waals surface area contributed by atoms with Crippen LogP contribution in [-0.4, -0.2) is 24.0 Å². The van der Waals surface area contributed by atoms with Gasteiger partial charge in [-0.2, -0.15) is 0 Å². The summed E-state index contributed by atoms with van der Waals surface area (Å²) in [5, 5.41) is 2.79. The third kappa shape index (κ3) is 3.67. The van der Waals surface area contributed by atoms with E-state index in [0.717, 1.165) is 37.3 Å². The van der Waals surface area contributed by atoms with Crippen molar-refractivity contribution >= 4 is 11.7 Å². The lowest BCUT2D eigenvalue weighted by molar-refractivity contribution is 0.0947. The van der Waals surface area contributed by atoms with Crippen molar-refractivity contribution in [3.8, 4) is 0 Å². The number of hydrogen-bond acceptors (Lipinski definition) is 3. The lowest BCUT2D eigenvalue weighted by Crippen LogP contribution is -2.32. The zero-order chi connectivity index (χ0) is 16.1. The molecule has 1 aliphatic rings. The van der Waals surface area contributed by atoms with Gasteiger partial charge in [0.05, 0.1) is 5.56 Å². The number of nitrogens with one attached hydrogen (secondary N) is 1. The number of amides is 1. The van der Waals surface area contributed by atoms with Crippen LogP contribution in [0.3, 0.4) is 0 Å². The second-order valence-corrected chi connectivity index (χ2v) is 5.70. The molecule has 3 rings (SSSR count). The Morgan fingerprint density at radius 1 is 1.13 bits per heavy atom. The molecule has 2 aromatic rings. The number of hydrogen-bond donors (Lipinski definition) is 1. The maximum absolute atomic E-state index is 13.7. The molecule has 0 radical (unpaired) electrons. The van der Waals surface area contributed by atoms with Gasteiger partial charge < -0.3 is 10.2 Å². The number of benzene rings is 1. The normalized spacial score (nSPS) is 14.6. The molecule has 1 amide bonds. The number of halogens is 1. The minimum absolute atomic E-state index is 0.0657. The van der Waals surface area contributed by atoms with Crippen LogP contribution in [0.4, 0.5) is 10.2 Å². The van der Waals surface area contributed by atoms with Crippen LogP contribution in [0, 0.1) is 5.82 Å². The fourth-order valence-corrected chi connectivity index (χ4v) is 2.87. The Balaban J connectivity index is 1.71. The third-order valence-electron chi connectivity index (χ3n) is 4.08. The van der Waals surface area contributed by atoms with Gasteiger partial charge in [0, 0.05) is 31.4 Å². The van der Waals surface area contributed by atoms with Gasteiger partial charge in [0.1, 0.15) is 11.6 Å². The molecule has 0 bridgehead atoms. The van der Waals surface area contributed by atoms with Gasteiger partial charge in [-0.3, -0.25) is 4.79 Å². The van der Waals surface area contributed by atoms with Gasteiger partial charge in [0.2, 0.25) is 0 Å². The predicted molar refractivity (Wildman–Crippen MR) is 87.9 cm³/mol. The van der Waals surface area contributed by atoms with Crippen molar-refractivity contribution in [1.82, 2.24) is 10.3 Å². The number of carbonyl (C=O) groups excluding carboxylic acids is 1. The van der Waals surface area contributed by atoms with Crippen molar-refractivity contribution in [2.75, 3.05) is 18.0 Å². The summed E-state index contributed by atoms with van der Waals surface area (Å²) in [5.74, 6) is 0.00465. The first-order valence-corrected chi connectivity index (χ1v) is 7.97.